The van der Waals surface area contributed by atoms with Crippen LogP contribution in [-0.2, 0) is 6.42 Å². The van der Waals surface area contributed by atoms with Gasteiger partial charge in [-0.15, -0.1) is 5.10 Å². The molecule has 0 atom stereocenters. The third-order valence-corrected chi connectivity index (χ3v) is 4.27. The Labute approximate surface area is 160 Å². The van der Waals surface area contributed by atoms with Crippen molar-refractivity contribution in [3.63, 3.8) is 0 Å². The van der Waals surface area contributed by atoms with Gasteiger partial charge in [0.15, 0.2) is 5.82 Å². The summed E-state index contributed by atoms with van der Waals surface area (Å²) in [6, 6.07) is 16.2. The molecule has 6 heteroatoms. The standard InChI is InChI=1S/C21H25N5O/c1-15(2)18-6-4-5-7-19(18)24-21-25-20(14-23-26-21)22-13-12-16-8-10-17(27-3)11-9-16/h4-11,14-15H,12-13H2,1-3H3,(H2,22,24,25,26). The molecule has 1 heterocycles. The zero-order chi connectivity index (χ0) is 19.1. The Morgan fingerprint density at radius 2 is 1.81 bits per heavy atom. The van der Waals surface area contributed by atoms with Crippen LogP contribution in [0.1, 0.15) is 30.9 Å². The summed E-state index contributed by atoms with van der Waals surface area (Å²) in [4.78, 5) is 4.51. The van der Waals surface area contributed by atoms with Crippen LogP contribution in [0.5, 0.6) is 5.75 Å². The summed E-state index contributed by atoms with van der Waals surface area (Å²) in [5.74, 6) is 2.46. The summed E-state index contributed by atoms with van der Waals surface area (Å²) < 4.78 is 5.18. The van der Waals surface area contributed by atoms with E-state index in [0.29, 0.717) is 17.7 Å². The van der Waals surface area contributed by atoms with E-state index in [0.717, 1.165) is 24.4 Å². The third-order valence-electron chi connectivity index (χ3n) is 4.27. The van der Waals surface area contributed by atoms with Gasteiger partial charge < -0.3 is 15.4 Å². The predicted octanol–water partition coefficient (Wildman–Crippen LogP) is 4.40. The molecule has 6 nitrogen and oxygen atoms in total. The summed E-state index contributed by atoms with van der Waals surface area (Å²) >= 11 is 0. The largest absolute Gasteiger partial charge is 0.497 e. The summed E-state index contributed by atoms with van der Waals surface area (Å²) in [5, 5.41) is 14.7. The smallest absolute Gasteiger partial charge is 0.249 e. The Balaban J connectivity index is 1.60. The van der Waals surface area contributed by atoms with Crippen molar-refractivity contribution >= 4 is 17.5 Å². The van der Waals surface area contributed by atoms with Crippen LogP contribution >= 0.6 is 0 Å². The number of hydrogen-bond acceptors (Lipinski definition) is 6. The Morgan fingerprint density at radius 1 is 1.04 bits per heavy atom. The number of ether oxygens (including phenoxy) is 1. The molecule has 27 heavy (non-hydrogen) atoms. The molecule has 0 amide bonds. The molecule has 0 saturated carbocycles. The first-order valence-corrected chi connectivity index (χ1v) is 9.08. The van der Waals surface area contributed by atoms with Gasteiger partial charge in [0.1, 0.15) is 5.75 Å². The first-order chi connectivity index (χ1) is 13.2. The highest BCUT2D eigenvalue weighted by molar-refractivity contribution is 5.59. The molecule has 0 aliphatic heterocycles. The quantitative estimate of drug-likeness (QED) is 0.618. The van der Waals surface area contributed by atoms with Crippen molar-refractivity contribution in [1.82, 2.24) is 15.2 Å². The third kappa shape index (κ3) is 5.17. The van der Waals surface area contributed by atoms with E-state index in [1.807, 2.05) is 30.3 Å². The molecule has 140 valence electrons. The molecule has 0 aliphatic rings. The average Bonchev–Trinajstić information content (AvgIpc) is 2.69. The number of nitrogens with zero attached hydrogens (tertiary/aromatic N) is 3. The monoisotopic (exact) mass is 363 g/mol. The summed E-state index contributed by atoms with van der Waals surface area (Å²) in [6.45, 7) is 5.08. The predicted molar refractivity (Wildman–Crippen MR) is 109 cm³/mol. The van der Waals surface area contributed by atoms with E-state index in [1.165, 1.54) is 11.1 Å². The first kappa shape index (κ1) is 18.6. The second-order valence-electron chi connectivity index (χ2n) is 6.56. The number of nitrogens with one attached hydrogen (secondary N) is 2. The fraction of sp³-hybridized carbons (Fsp3) is 0.286. The zero-order valence-corrected chi connectivity index (χ0v) is 15.9. The van der Waals surface area contributed by atoms with Crippen molar-refractivity contribution in [2.45, 2.75) is 26.2 Å². The SMILES string of the molecule is COc1ccc(CCNc2cnnc(Nc3ccccc3C(C)C)n2)cc1. The maximum atomic E-state index is 5.18. The average molecular weight is 363 g/mol. The van der Waals surface area contributed by atoms with E-state index in [9.17, 15) is 0 Å². The minimum atomic E-state index is 0.410. The number of aromatic nitrogens is 3. The van der Waals surface area contributed by atoms with Crippen LogP contribution in [0.2, 0.25) is 0 Å². The molecule has 3 aromatic rings. The fourth-order valence-electron chi connectivity index (χ4n) is 2.80. The second-order valence-corrected chi connectivity index (χ2v) is 6.56. The number of hydrogen-bond donors (Lipinski definition) is 2. The molecule has 0 radical (unpaired) electrons. The topological polar surface area (TPSA) is 72.0 Å². The number of rotatable bonds is 8. The lowest BCUT2D eigenvalue weighted by Crippen LogP contribution is -2.09. The van der Waals surface area contributed by atoms with Crippen LogP contribution in [-0.4, -0.2) is 28.8 Å². The number of methoxy groups -OCH3 is 1. The lowest BCUT2D eigenvalue weighted by molar-refractivity contribution is 0.414. The van der Waals surface area contributed by atoms with Crippen molar-refractivity contribution in [2.75, 3.05) is 24.3 Å². The minimum absolute atomic E-state index is 0.410. The minimum Gasteiger partial charge on any atom is -0.497 e. The fourth-order valence-corrected chi connectivity index (χ4v) is 2.80. The number of anilines is 3. The van der Waals surface area contributed by atoms with Gasteiger partial charge in [0.25, 0.3) is 0 Å². The van der Waals surface area contributed by atoms with Crippen molar-refractivity contribution in [1.29, 1.82) is 0 Å². The van der Waals surface area contributed by atoms with Crippen molar-refractivity contribution in [2.24, 2.45) is 0 Å². The maximum Gasteiger partial charge on any atom is 0.249 e. The van der Waals surface area contributed by atoms with Gasteiger partial charge in [-0.1, -0.05) is 44.2 Å². The van der Waals surface area contributed by atoms with Gasteiger partial charge in [0, 0.05) is 12.2 Å². The van der Waals surface area contributed by atoms with Crippen molar-refractivity contribution in [3.8, 4) is 5.75 Å². The van der Waals surface area contributed by atoms with Crippen LogP contribution in [0.15, 0.2) is 54.7 Å². The molecule has 3 rings (SSSR count). The molecule has 1 aromatic heterocycles. The molecular formula is C21H25N5O. The molecule has 0 aliphatic carbocycles. The summed E-state index contributed by atoms with van der Waals surface area (Å²) in [7, 11) is 1.67. The Hall–Kier alpha value is -3.15. The van der Waals surface area contributed by atoms with Gasteiger partial charge in [0.05, 0.1) is 13.3 Å². The Morgan fingerprint density at radius 3 is 2.56 bits per heavy atom. The van der Waals surface area contributed by atoms with Gasteiger partial charge in [-0.3, -0.25) is 0 Å². The van der Waals surface area contributed by atoms with Gasteiger partial charge in [-0.05, 0) is 41.7 Å². The van der Waals surface area contributed by atoms with Gasteiger partial charge >= 0.3 is 0 Å². The van der Waals surface area contributed by atoms with Gasteiger partial charge in [0.2, 0.25) is 5.95 Å². The molecule has 0 fully saturated rings. The van der Waals surface area contributed by atoms with Gasteiger partial charge in [-0.25, -0.2) is 0 Å². The molecule has 0 bridgehead atoms. The van der Waals surface area contributed by atoms with E-state index < -0.39 is 0 Å². The van der Waals surface area contributed by atoms with E-state index in [4.69, 9.17) is 4.74 Å². The van der Waals surface area contributed by atoms with Crippen LogP contribution in [0.4, 0.5) is 17.5 Å². The number of benzene rings is 2. The van der Waals surface area contributed by atoms with E-state index in [1.54, 1.807) is 13.3 Å². The Bertz CT molecular complexity index is 864. The molecular weight excluding hydrogens is 338 g/mol. The first-order valence-electron chi connectivity index (χ1n) is 9.08. The van der Waals surface area contributed by atoms with Crippen LogP contribution in [0.25, 0.3) is 0 Å². The van der Waals surface area contributed by atoms with Gasteiger partial charge in [-0.2, -0.15) is 10.1 Å². The summed E-state index contributed by atoms with van der Waals surface area (Å²) in [5.41, 5.74) is 3.46. The maximum absolute atomic E-state index is 5.18. The zero-order valence-electron chi connectivity index (χ0n) is 15.9. The van der Waals surface area contributed by atoms with Crippen molar-refractivity contribution < 1.29 is 4.74 Å². The molecule has 2 aromatic carbocycles. The highest BCUT2D eigenvalue weighted by Gasteiger charge is 2.08. The molecule has 0 spiro atoms. The van der Waals surface area contributed by atoms with E-state index in [2.05, 4.69) is 57.9 Å². The van der Waals surface area contributed by atoms with Crippen LogP contribution in [0, 0.1) is 0 Å². The second kappa shape index (κ2) is 8.98. The Kier molecular flexibility index (Phi) is 6.20. The normalized spacial score (nSPS) is 10.7. The highest BCUT2D eigenvalue weighted by Crippen LogP contribution is 2.25. The molecule has 0 saturated heterocycles. The van der Waals surface area contributed by atoms with Crippen LogP contribution in [0.3, 0.4) is 0 Å². The molecule has 2 N–H and O–H groups in total. The van der Waals surface area contributed by atoms with E-state index >= 15 is 0 Å². The lowest BCUT2D eigenvalue weighted by atomic mass is 10.0. The molecule has 0 unspecified atom stereocenters. The lowest BCUT2D eigenvalue weighted by Gasteiger charge is -2.13. The van der Waals surface area contributed by atoms with E-state index in [-0.39, 0.29) is 0 Å². The summed E-state index contributed by atoms with van der Waals surface area (Å²) in [6.07, 6.45) is 2.51. The van der Waals surface area contributed by atoms with Crippen molar-refractivity contribution in [3.05, 3.63) is 65.9 Å². The number of para-hydroxylation sites is 1. The highest BCUT2D eigenvalue weighted by atomic mass is 16.5. The van der Waals surface area contributed by atoms with Crippen LogP contribution < -0.4 is 15.4 Å².